The molecule has 0 spiro atoms. The number of hydrogen-bond acceptors (Lipinski definition) is 5. The van der Waals surface area contributed by atoms with Gasteiger partial charge in [0.2, 0.25) is 0 Å². The van der Waals surface area contributed by atoms with Crippen LogP contribution in [0.1, 0.15) is 8.30 Å². The fraction of sp³-hybridized carbons (Fsp3) is 0.100. The Morgan fingerprint density at radius 2 is 2.33 bits per heavy atom. The molecule has 3 aromatic heterocycles. The molecule has 3 aromatic rings. The number of hydrogen-bond donors (Lipinski definition) is 0. The first-order valence-corrected chi connectivity index (χ1v) is 4.77. The van der Waals surface area contributed by atoms with Gasteiger partial charge in [-0.15, -0.1) is 0 Å². The number of pyridine rings is 1. The van der Waals surface area contributed by atoms with Crippen molar-refractivity contribution in [1.82, 2.24) is 30.0 Å². The maximum atomic E-state index is 12.3. The normalized spacial score (nSPS) is 11.8. The first kappa shape index (κ1) is 10.9. The second kappa shape index (κ2) is 5.37. The summed E-state index contributed by atoms with van der Waals surface area (Å²) in [5, 5.41) is 13.8. The molecule has 8 heteroatoms. The minimum absolute atomic E-state index is 0. The van der Waals surface area contributed by atoms with E-state index >= 15 is 0 Å². The quantitative estimate of drug-likeness (QED) is 0.432. The summed E-state index contributed by atoms with van der Waals surface area (Å²) in [7, 11) is 0. The van der Waals surface area contributed by atoms with Gasteiger partial charge in [-0.2, -0.15) is 5.21 Å². The van der Waals surface area contributed by atoms with Gasteiger partial charge in [0.05, 0.1) is 8.30 Å². The molecule has 0 amide bonds. The van der Waals surface area contributed by atoms with Crippen LogP contribution in [0.5, 0.6) is 0 Å². The molecule has 0 fully saturated rings. The van der Waals surface area contributed by atoms with Crippen molar-refractivity contribution < 1.29 is 54.1 Å². The average Bonchev–Trinajstić information content (AvgIpc) is 2.89. The van der Waals surface area contributed by atoms with Crippen LogP contribution in [0.3, 0.4) is 0 Å². The Kier molecular flexibility index (Phi) is 3.26. The van der Waals surface area contributed by atoms with Crippen LogP contribution in [0.25, 0.3) is 17.0 Å². The number of aryl methyl sites for hydroxylation is 1. The fourth-order valence-corrected chi connectivity index (χ4v) is 1.51. The fourth-order valence-electron chi connectivity index (χ4n) is 1.51. The molecule has 0 aromatic carbocycles. The van der Waals surface area contributed by atoms with Crippen LogP contribution in [0.15, 0.2) is 29.3 Å². The second-order valence-corrected chi connectivity index (χ2v) is 3.42. The predicted octanol–water partition coefficient (Wildman–Crippen LogP) is -3.18. The zero-order valence-corrected chi connectivity index (χ0v) is 12.9. The van der Waals surface area contributed by atoms with E-state index in [0.717, 1.165) is 4.40 Å². The number of aromatic nitrogens is 6. The van der Waals surface area contributed by atoms with E-state index in [0.29, 0.717) is 11.2 Å². The molecule has 18 heavy (non-hydrogen) atoms. The van der Waals surface area contributed by atoms with E-state index in [-0.39, 0.29) is 75.0 Å². The molecule has 0 atom stereocenters. The van der Waals surface area contributed by atoms with Crippen LogP contribution >= 0.6 is 0 Å². The molecule has 0 saturated heterocycles. The SMILES string of the molecule is [2H]c1cc(C)c2ncc(-c3nnn[n-]3)c(=O)n2c1[2H].[K+]. The van der Waals surface area contributed by atoms with E-state index in [1.807, 2.05) is 0 Å². The number of tetrazole rings is 1. The first-order valence-electron chi connectivity index (χ1n) is 5.77. The summed E-state index contributed by atoms with van der Waals surface area (Å²) in [5.41, 5.74) is 0.564. The van der Waals surface area contributed by atoms with Gasteiger partial charge in [0, 0.05) is 18.2 Å². The van der Waals surface area contributed by atoms with Crippen molar-refractivity contribution in [3.05, 3.63) is 40.4 Å². The molecule has 0 N–H and O–H groups in total. The van der Waals surface area contributed by atoms with E-state index in [9.17, 15) is 4.79 Å². The maximum absolute atomic E-state index is 12.3. The van der Waals surface area contributed by atoms with E-state index in [1.54, 1.807) is 6.92 Å². The van der Waals surface area contributed by atoms with Crippen molar-refractivity contribution in [2.24, 2.45) is 0 Å². The molecule has 7 nitrogen and oxygen atoms in total. The van der Waals surface area contributed by atoms with Crippen LogP contribution in [0, 0.1) is 6.92 Å². The molecule has 0 aliphatic rings. The molecular formula is C10H7KN6O. The Balaban J connectivity index is 0.00000147. The van der Waals surface area contributed by atoms with Gasteiger partial charge in [0.25, 0.3) is 5.56 Å². The van der Waals surface area contributed by atoms with E-state index < -0.39 is 5.56 Å². The molecule has 0 aliphatic carbocycles. The Morgan fingerprint density at radius 1 is 1.50 bits per heavy atom. The van der Waals surface area contributed by atoms with Crippen LogP contribution in [0.4, 0.5) is 0 Å². The summed E-state index contributed by atoms with van der Waals surface area (Å²) < 4.78 is 16.5. The summed E-state index contributed by atoms with van der Waals surface area (Å²) in [4.78, 5) is 16.5. The van der Waals surface area contributed by atoms with Crippen molar-refractivity contribution in [3.63, 3.8) is 0 Å². The Labute approximate surface area is 147 Å². The van der Waals surface area contributed by atoms with Gasteiger partial charge in [0.1, 0.15) is 5.65 Å². The minimum atomic E-state index is -0.512. The van der Waals surface area contributed by atoms with Crippen LogP contribution < -0.4 is 62.0 Å². The van der Waals surface area contributed by atoms with Crippen molar-refractivity contribution in [2.75, 3.05) is 0 Å². The topological polar surface area (TPSA) is 87.1 Å². The molecule has 0 aliphatic heterocycles. The molecule has 84 valence electrons. The summed E-state index contributed by atoms with van der Waals surface area (Å²) in [6.07, 6.45) is 1.10. The van der Waals surface area contributed by atoms with E-state index in [4.69, 9.17) is 2.74 Å². The molecule has 0 radical (unpaired) electrons. The molecule has 0 unspecified atom stereocenters. The third-order valence-electron chi connectivity index (χ3n) is 2.34. The Hall–Kier alpha value is -0.934. The van der Waals surface area contributed by atoms with Gasteiger partial charge in [0.15, 0.2) is 0 Å². The first-order chi connectivity index (χ1) is 9.09. The molecule has 3 heterocycles. The molecule has 3 rings (SSSR count). The average molecular weight is 268 g/mol. The van der Waals surface area contributed by atoms with E-state index in [1.165, 1.54) is 12.3 Å². The number of fused-ring (bicyclic) bond motifs is 1. The Morgan fingerprint density at radius 3 is 3.06 bits per heavy atom. The van der Waals surface area contributed by atoms with Crippen molar-refractivity contribution >= 4 is 5.65 Å². The number of nitrogens with zero attached hydrogens (tertiary/aromatic N) is 6. The van der Waals surface area contributed by atoms with Gasteiger partial charge in [-0.1, -0.05) is 6.07 Å². The summed E-state index contributed by atoms with van der Waals surface area (Å²) in [6, 6.07) is 1.44. The smallest absolute Gasteiger partial charge is 0.330 e. The van der Waals surface area contributed by atoms with Gasteiger partial charge in [-0.3, -0.25) is 19.5 Å². The second-order valence-electron chi connectivity index (χ2n) is 3.42. The standard InChI is InChI=1S/C10H7N6O.K/c1-6-3-2-4-16-9(6)11-5-7(10(16)17)8-12-14-15-13-8;/h2-5H,1H3;/q-1;+1/i2D,4D;. The molecular weight excluding hydrogens is 259 g/mol. The minimum Gasteiger partial charge on any atom is -0.330 e. The predicted molar refractivity (Wildman–Crippen MR) is 58.3 cm³/mol. The molecule has 0 saturated carbocycles. The van der Waals surface area contributed by atoms with Crippen molar-refractivity contribution in [1.29, 1.82) is 0 Å². The van der Waals surface area contributed by atoms with Crippen molar-refractivity contribution in [3.8, 4) is 11.4 Å². The monoisotopic (exact) mass is 268 g/mol. The van der Waals surface area contributed by atoms with E-state index in [2.05, 4.69) is 25.6 Å². The summed E-state index contributed by atoms with van der Waals surface area (Å²) >= 11 is 0. The van der Waals surface area contributed by atoms with Crippen molar-refractivity contribution in [2.45, 2.75) is 6.92 Å². The van der Waals surface area contributed by atoms with Gasteiger partial charge >= 0.3 is 51.4 Å². The van der Waals surface area contributed by atoms with Gasteiger partial charge in [-0.05, 0) is 18.5 Å². The summed E-state index contributed by atoms with van der Waals surface area (Å²) in [5.74, 6) is 0.0549. The third kappa shape index (κ3) is 2.17. The van der Waals surface area contributed by atoms with Gasteiger partial charge < -0.3 is 5.10 Å². The zero-order valence-electron chi connectivity index (χ0n) is 11.7. The number of rotatable bonds is 1. The molecule has 0 bridgehead atoms. The van der Waals surface area contributed by atoms with Crippen LogP contribution in [0.2, 0.25) is 0 Å². The maximum Gasteiger partial charge on any atom is 1.00 e. The zero-order chi connectivity index (χ0) is 13.6. The Bertz CT molecular complexity index is 832. The van der Waals surface area contributed by atoms with Crippen LogP contribution in [-0.2, 0) is 0 Å². The third-order valence-corrected chi connectivity index (χ3v) is 2.34. The largest absolute Gasteiger partial charge is 1.00 e. The van der Waals surface area contributed by atoms with Gasteiger partial charge in [-0.25, -0.2) is 4.98 Å². The van der Waals surface area contributed by atoms with Crippen LogP contribution in [-0.4, -0.2) is 24.9 Å². The summed E-state index contributed by atoms with van der Waals surface area (Å²) in [6.45, 7) is 1.72.